The summed E-state index contributed by atoms with van der Waals surface area (Å²) in [7, 11) is 0. The molecule has 0 aliphatic rings. The first-order valence-electron chi connectivity index (χ1n) is 7.28. The molecule has 0 saturated carbocycles. The molecule has 1 unspecified atom stereocenters. The second-order valence-electron chi connectivity index (χ2n) is 5.36. The first-order chi connectivity index (χ1) is 10.2. The molecular formula is C17H20N4. The van der Waals surface area contributed by atoms with Gasteiger partial charge in [-0.05, 0) is 31.5 Å². The quantitative estimate of drug-likeness (QED) is 0.798. The molecule has 3 aromatic rings. The summed E-state index contributed by atoms with van der Waals surface area (Å²) in [6, 6.07) is 6.72. The Morgan fingerprint density at radius 3 is 2.86 bits per heavy atom. The molecule has 0 amide bonds. The summed E-state index contributed by atoms with van der Waals surface area (Å²) < 4.78 is 1.87. The summed E-state index contributed by atoms with van der Waals surface area (Å²) in [5.74, 6) is 0. The molecule has 0 aliphatic carbocycles. The van der Waals surface area contributed by atoms with Crippen molar-refractivity contribution in [1.29, 1.82) is 0 Å². The Bertz CT molecular complexity index is 760. The van der Waals surface area contributed by atoms with E-state index in [1.165, 1.54) is 22.3 Å². The van der Waals surface area contributed by atoms with Gasteiger partial charge in [-0.1, -0.05) is 30.7 Å². The lowest BCUT2D eigenvalue weighted by Gasteiger charge is -2.20. The van der Waals surface area contributed by atoms with Crippen LogP contribution in [0.15, 0.2) is 43.0 Å². The Morgan fingerprint density at radius 2 is 2.05 bits per heavy atom. The highest BCUT2D eigenvalue weighted by molar-refractivity contribution is 5.56. The van der Waals surface area contributed by atoms with Crippen molar-refractivity contribution < 1.29 is 0 Å². The molecule has 0 spiro atoms. The molecule has 1 atom stereocenters. The van der Waals surface area contributed by atoms with Crippen molar-refractivity contribution in [3.63, 3.8) is 0 Å². The van der Waals surface area contributed by atoms with Gasteiger partial charge < -0.3 is 5.32 Å². The van der Waals surface area contributed by atoms with Crippen LogP contribution in [0.5, 0.6) is 0 Å². The van der Waals surface area contributed by atoms with Crippen LogP contribution in [0.1, 0.15) is 35.2 Å². The fourth-order valence-electron chi connectivity index (χ4n) is 2.74. The number of rotatable bonds is 4. The molecule has 2 aromatic heterocycles. The highest BCUT2D eigenvalue weighted by Crippen LogP contribution is 2.28. The van der Waals surface area contributed by atoms with Crippen LogP contribution in [-0.2, 0) is 0 Å². The van der Waals surface area contributed by atoms with E-state index in [2.05, 4.69) is 54.4 Å². The van der Waals surface area contributed by atoms with Crippen LogP contribution in [0.4, 0.5) is 0 Å². The number of nitrogens with zero attached hydrogens (tertiary/aromatic N) is 3. The number of hydrogen-bond acceptors (Lipinski definition) is 3. The second-order valence-corrected chi connectivity index (χ2v) is 5.36. The van der Waals surface area contributed by atoms with E-state index in [0.717, 1.165) is 12.1 Å². The van der Waals surface area contributed by atoms with Gasteiger partial charge in [0.15, 0.2) is 0 Å². The predicted octanol–water partition coefficient (Wildman–Crippen LogP) is 3.05. The molecule has 4 heteroatoms. The highest BCUT2D eigenvalue weighted by Gasteiger charge is 2.19. The highest BCUT2D eigenvalue weighted by atomic mass is 15.2. The fourth-order valence-corrected chi connectivity index (χ4v) is 2.74. The fraction of sp³-hybridized carbons (Fsp3) is 0.294. The van der Waals surface area contributed by atoms with Crippen LogP contribution in [0.25, 0.3) is 5.52 Å². The van der Waals surface area contributed by atoms with E-state index in [9.17, 15) is 0 Å². The first kappa shape index (κ1) is 13.8. The molecule has 0 radical (unpaired) electrons. The van der Waals surface area contributed by atoms with E-state index in [4.69, 9.17) is 0 Å². The van der Waals surface area contributed by atoms with Crippen LogP contribution in [0.3, 0.4) is 0 Å². The Hall–Kier alpha value is -2.20. The number of hydrogen-bond donors (Lipinski definition) is 1. The van der Waals surface area contributed by atoms with Crippen molar-refractivity contribution in [3.8, 4) is 0 Å². The zero-order chi connectivity index (χ0) is 14.8. The third-order valence-corrected chi connectivity index (χ3v) is 3.82. The number of aromatic nitrogens is 3. The summed E-state index contributed by atoms with van der Waals surface area (Å²) >= 11 is 0. The van der Waals surface area contributed by atoms with Gasteiger partial charge in [-0.25, -0.2) is 4.52 Å². The van der Waals surface area contributed by atoms with Gasteiger partial charge in [0, 0.05) is 18.0 Å². The number of aryl methyl sites for hydroxylation is 2. The molecule has 0 saturated heterocycles. The number of benzene rings is 1. The molecule has 0 bridgehead atoms. The van der Waals surface area contributed by atoms with Crippen LogP contribution in [0.2, 0.25) is 0 Å². The molecule has 1 N–H and O–H groups in total. The molecular weight excluding hydrogens is 260 g/mol. The third kappa shape index (κ3) is 2.54. The average molecular weight is 280 g/mol. The van der Waals surface area contributed by atoms with Gasteiger partial charge in [-0.2, -0.15) is 5.10 Å². The zero-order valence-electron chi connectivity index (χ0n) is 12.7. The second kappa shape index (κ2) is 5.66. The predicted molar refractivity (Wildman–Crippen MR) is 84.4 cm³/mol. The Labute approximate surface area is 124 Å². The van der Waals surface area contributed by atoms with Crippen molar-refractivity contribution in [2.75, 3.05) is 6.54 Å². The van der Waals surface area contributed by atoms with Gasteiger partial charge in [0.05, 0.1) is 24.0 Å². The third-order valence-electron chi connectivity index (χ3n) is 3.82. The van der Waals surface area contributed by atoms with E-state index in [1.54, 1.807) is 6.20 Å². The average Bonchev–Trinajstić information content (AvgIpc) is 2.91. The topological polar surface area (TPSA) is 42.2 Å². The van der Waals surface area contributed by atoms with Gasteiger partial charge in [0.25, 0.3) is 0 Å². The molecule has 3 rings (SSSR count). The van der Waals surface area contributed by atoms with Crippen molar-refractivity contribution in [2.24, 2.45) is 0 Å². The van der Waals surface area contributed by atoms with Crippen LogP contribution < -0.4 is 5.32 Å². The lowest BCUT2D eigenvalue weighted by Crippen LogP contribution is -2.22. The molecule has 21 heavy (non-hydrogen) atoms. The van der Waals surface area contributed by atoms with Crippen molar-refractivity contribution >= 4 is 5.52 Å². The van der Waals surface area contributed by atoms with Gasteiger partial charge in [-0.15, -0.1) is 0 Å². The van der Waals surface area contributed by atoms with Gasteiger partial charge >= 0.3 is 0 Å². The van der Waals surface area contributed by atoms with Crippen molar-refractivity contribution in [2.45, 2.75) is 26.8 Å². The minimum Gasteiger partial charge on any atom is -0.306 e. The van der Waals surface area contributed by atoms with E-state index >= 15 is 0 Å². The summed E-state index contributed by atoms with van der Waals surface area (Å²) in [6.45, 7) is 7.31. The van der Waals surface area contributed by atoms with E-state index in [-0.39, 0.29) is 6.04 Å². The van der Waals surface area contributed by atoms with Gasteiger partial charge in [0.1, 0.15) is 0 Å². The minimum absolute atomic E-state index is 0.136. The Kier molecular flexibility index (Phi) is 3.71. The number of nitrogens with one attached hydrogen (secondary N) is 1. The SMILES string of the molecule is CCNC(c1cc(C)ccc1C)c1cnn2ccncc12. The maximum absolute atomic E-state index is 4.44. The van der Waals surface area contributed by atoms with Gasteiger partial charge in [0.2, 0.25) is 0 Å². The number of fused-ring (bicyclic) bond motifs is 1. The maximum atomic E-state index is 4.44. The zero-order valence-corrected chi connectivity index (χ0v) is 12.7. The van der Waals surface area contributed by atoms with Gasteiger partial charge in [-0.3, -0.25) is 4.98 Å². The standard InChI is InChI=1S/C17H20N4/c1-4-19-17(14-9-12(2)5-6-13(14)3)15-10-20-21-8-7-18-11-16(15)21/h5-11,17,19H,4H2,1-3H3. The Balaban J connectivity index is 2.15. The molecule has 4 nitrogen and oxygen atoms in total. The Morgan fingerprint density at radius 1 is 1.19 bits per heavy atom. The largest absolute Gasteiger partial charge is 0.306 e. The summed E-state index contributed by atoms with van der Waals surface area (Å²) in [5.41, 5.74) is 6.07. The lowest BCUT2D eigenvalue weighted by atomic mass is 9.94. The van der Waals surface area contributed by atoms with Crippen LogP contribution in [-0.4, -0.2) is 21.1 Å². The van der Waals surface area contributed by atoms with E-state index < -0.39 is 0 Å². The monoisotopic (exact) mass is 280 g/mol. The van der Waals surface area contributed by atoms with Crippen molar-refractivity contribution in [1.82, 2.24) is 19.9 Å². The first-order valence-corrected chi connectivity index (χ1v) is 7.28. The smallest absolute Gasteiger partial charge is 0.0896 e. The van der Waals surface area contributed by atoms with E-state index in [0.29, 0.717) is 0 Å². The summed E-state index contributed by atoms with van der Waals surface area (Å²) in [6.07, 6.45) is 7.44. The normalized spacial score (nSPS) is 12.7. The van der Waals surface area contributed by atoms with Crippen LogP contribution >= 0.6 is 0 Å². The van der Waals surface area contributed by atoms with E-state index in [1.807, 2.05) is 23.1 Å². The molecule has 1 aromatic carbocycles. The van der Waals surface area contributed by atoms with Crippen LogP contribution in [0, 0.1) is 13.8 Å². The molecule has 0 aliphatic heterocycles. The summed E-state index contributed by atoms with van der Waals surface area (Å²) in [5, 5.41) is 8.02. The summed E-state index contributed by atoms with van der Waals surface area (Å²) in [4.78, 5) is 4.23. The molecule has 2 heterocycles. The maximum Gasteiger partial charge on any atom is 0.0896 e. The molecule has 0 fully saturated rings. The molecule has 108 valence electrons. The lowest BCUT2D eigenvalue weighted by molar-refractivity contribution is 0.630. The van der Waals surface area contributed by atoms with Crippen molar-refractivity contribution in [3.05, 3.63) is 65.2 Å². The minimum atomic E-state index is 0.136.